The number of hydrogen-bond acceptors (Lipinski definition) is 7. The molecule has 0 saturated heterocycles. The predicted molar refractivity (Wildman–Crippen MR) is 46.8 cm³/mol. The maximum Gasteiger partial charge on any atom is 0.206 e. The first-order valence-electron chi connectivity index (χ1n) is 4.16. The lowest BCUT2D eigenvalue weighted by Crippen LogP contribution is -2.58. The molecular weight excluding hydrogens is 208 g/mol. The van der Waals surface area contributed by atoms with Crippen LogP contribution in [0.25, 0.3) is 0 Å². The maximum absolute atomic E-state index is 10.9. The van der Waals surface area contributed by atoms with Gasteiger partial charge in [-0.05, 0) is 6.92 Å². The van der Waals surface area contributed by atoms with Gasteiger partial charge in [-0.3, -0.25) is 9.59 Å². The maximum atomic E-state index is 10.9. The van der Waals surface area contributed by atoms with Crippen molar-refractivity contribution in [1.82, 2.24) is 0 Å². The van der Waals surface area contributed by atoms with E-state index in [0.717, 1.165) is 6.92 Å². The minimum absolute atomic E-state index is 0.229. The first-order chi connectivity index (χ1) is 6.81. The fourth-order valence-corrected chi connectivity index (χ4v) is 0.940. The molecule has 0 radical (unpaired) electrons. The molecule has 0 aromatic rings. The number of hydrogen-bond donors (Lipinski definition) is 5. The Kier molecular flexibility index (Phi) is 4.98. The zero-order chi connectivity index (χ0) is 12.2. The molecule has 0 bridgehead atoms. The van der Waals surface area contributed by atoms with Crippen molar-refractivity contribution in [2.75, 3.05) is 6.61 Å². The summed E-state index contributed by atoms with van der Waals surface area (Å²) in [6.45, 7) is -0.0409. The second kappa shape index (κ2) is 5.29. The van der Waals surface area contributed by atoms with Crippen LogP contribution < -0.4 is 0 Å². The molecule has 0 rings (SSSR count). The number of carbonyl (C=O) groups is 2. The highest BCUT2D eigenvalue weighted by atomic mass is 16.4. The summed E-state index contributed by atoms with van der Waals surface area (Å²) in [5.74, 6) is -1.07. The molecule has 0 unspecified atom stereocenters. The number of aliphatic hydroxyl groups is 5. The smallest absolute Gasteiger partial charge is 0.206 e. The number of aldehydes is 1. The van der Waals surface area contributed by atoms with Crippen molar-refractivity contribution in [3.8, 4) is 0 Å². The van der Waals surface area contributed by atoms with Gasteiger partial charge in [0.25, 0.3) is 0 Å². The topological polar surface area (TPSA) is 135 Å². The fraction of sp³-hybridized carbons (Fsp3) is 0.750. The Labute approximate surface area is 85.6 Å². The molecule has 0 aliphatic heterocycles. The van der Waals surface area contributed by atoms with Crippen LogP contribution in [0.5, 0.6) is 0 Å². The highest BCUT2D eigenvalue weighted by molar-refractivity contribution is 6.00. The lowest BCUT2D eigenvalue weighted by atomic mass is 9.88. The molecule has 0 saturated carbocycles. The molecule has 0 aromatic heterocycles. The largest absolute Gasteiger partial charge is 0.394 e. The molecule has 0 amide bonds. The van der Waals surface area contributed by atoms with Crippen molar-refractivity contribution >= 4 is 12.1 Å². The quantitative estimate of drug-likeness (QED) is 0.233. The average Bonchev–Trinajstić information content (AvgIpc) is 2.24. The zero-order valence-electron chi connectivity index (χ0n) is 8.07. The van der Waals surface area contributed by atoms with Crippen LogP contribution >= 0.6 is 0 Å². The Morgan fingerprint density at radius 3 is 2.13 bits per heavy atom. The molecule has 0 aliphatic rings. The molecule has 7 nitrogen and oxygen atoms in total. The van der Waals surface area contributed by atoms with Crippen molar-refractivity contribution < 1.29 is 35.1 Å². The molecule has 0 fully saturated rings. The summed E-state index contributed by atoms with van der Waals surface area (Å²) in [5, 5.41) is 45.2. The Balaban J connectivity index is 4.87. The highest BCUT2D eigenvalue weighted by Gasteiger charge is 2.46. The van der Waals surface area contributed by atoms with E-state index in [0.29, 0.717) is 0 Å². The van der Waals surface area contributed by atoms with Gasteiger partial charge in [-0.1, -0.05) is 0 Å². The van der Waals surface area contributed by atoms with E-state index in [4.69, 9.17) is 10.2 Å². The molecule has 15 heavy (non-hydrogen) atoms. The van der Waals surface area contributed by atoms with Crippen molar-refractivity contribution in [2.24, 2.45) is 0 Å². The van der Waals surface area contributed by atoms with Gasteiger partial charge in [0.1, 0.15) is 18.3 Å². The summed E-state index contributed by atoms with van der Waals surface area (Å²) in [7, 11) is 0. The number of rotatable bonds is 6. The van der Waals surface area contributed by atoms with E-state index in [1.165, 1.54) is 0 Å². The van der Waals surface area contributed by atoms with Crippen LogP contribution in [0, 0.1) is 0 Å². The summed E-state index contributed by atoms with van der Waals surface area (Å²) in [6, 6.07) is 0. The third-order valence-corrected chi connectivity index (χ3v) is 2.10. The van der Waals surface area contributed by atoms with Crippen molar-refractivity contribution in [2.45, 2.75) is 30.8 Å². The average molecular weight is 222 g/mol. The van der Waals surface area contributed by atoms with E-state index in [1.54, 1.807) is 0 Å². The molecule has 0 aromatic carbocycles. The van der Waals surface area contributed by atoms with E-state index in [-0.39, 0.29) is 6.29 Å². The molecule has 88 valence electrons. The second-order valence-electron chi connectivity index (χ2n) is 3.18. The third kappa shape index (κ3) is 2.80. The summed E-state index contributed by atoms with van der Waals surface area (Å²) < 4.78 is 0. The van der Waals surface area contributed by atoms with Gasteiger partial charge in [0.15, 0.2) is 12.1 Å². The van der Waals surface area contributed by atoms with Crippen LogP contribution in [0.15, 0.2) is 0 Å². The zero-order valence-corrected chi connectivity index (χ0v) is 8.07. The van der Waals surface area contributed by atoms with Crippen LogP contribution in [-0.4, -0.2) is 68.1 Å². The minimum Gasteiger partial charge on any atom is -0.394 e. The highest BCUT2D eigenvalue weighted by Crippen LogP contribution is 2.15. The van der Waals surface area contributed by atoms with Crippen LogP contribution in [0.1, 0.15) is 6.92 Å². The van der Waals surface area contributed by atoms with Crippen molar-refractivity contribution in [3.63, 3.8) is 0 Å². The molecule has 0 heterocycles. The first kappa shape index (κ1) is 14.1. The van der Waals surface area contributed by atoms with Gasteiger partial charge in [0.2, 0.25) is 5.60 Å². The monoisotopic (exact) mass is 222 g/mol. The van der Waals surface area contributed by atoms with Crippen LogP contribution in [-0.2, 0) is 9.59 Å². The van der Waals surface area contributed by atoms with Gasteiger partial charge in [0, 0.05) is 0 Å². The lowest BCUT2D eigenvalue weighted by molar-refractivity contribution is -0.173. The van der Waals surface area contributed by atoms with Gasteiger partial charge in [-0.2, -0.15) is 0 Å². The number of carbonyl (C=O) groups excluding carboxylic acids is 2. The van der Waals surface area contributed by atoms with Crippen LogP contribution in [0.4, 0.5) is 0 Å². The molecule has 4 atom stereocenters. The molecule has 5 N–H and O–H groups in total. The van der Waals surface area contributed by atoms with Crippen LogP contribution in [0.2, 0.25) is 0 Å². The number of ketones is 1. The van der Waals surface area contributed by atoms with E-state index in [1.807, 2.05) is 0 Å². The van der Waals surface area contributed by atoms with Crippen LogP contribution in [0.3, 0.4) is 0 Å². The molecular formula is C8H14O7. The van der Waals surface area contributed by atoms with E-state index in [9.17, 15) is 24.9 Å². The van der Waals surface area contributed by atoms with Gasteiger partial charge in [0.05, 0.1) is 6.61 Å². The normalized spacial score (nSPS) is 21.2. The fourth-order valence-electron chi connectivity index (χ4n) is 0.940. The number of Topliss-reactive ketones (excluding diaryl/α,β-unsaturated/α-hetero) is 1. The van der Waals surface area contributed by atoms with Gasteiger partial charge >= 0.3 is 0 Å². The van der Waals surface area contributed by atoms with Gasteiger partial charge < -0.3 is 25.5 Å². The van der Waals surface area contributed by atoms with Gasteiger partial charge in [-0.25, -0.2) is 0 Å². The van der Waals surface area contributed by atoms with E-state index >= 15 is 0 Å². The van der Waals surface area contributed by atoms with Crippen molar-refractivity contribution in [3.05, 3.63) is 0 Å². The molecule has 0 spiro atoms. The standard InChI is InChI=1S/C8H14O7/c1-4(11)8(15,3-10)7(14)6(13)5(12)2-9/h3,5-7,9,12-15H,2H2,1H3/t5-,6-,7+,8+/m1/s1. The summed E-state index contributed by atoms with van der Waals surface area (Å²) >= 11 is 0. The predicted octanol–water partition coefficient (Wildman–Crippen LogP) is -3.42. The first-order valence-corrected chi connectivity index (χ1v) is 4.16. The van der Waals surface area contributed by atoms with Gasteiger partial charge in [-0.15, -0.1) is 0 Å². The van der Waals surface area contributed by atoms with Crippen molar-refractivity contribution in [1.29, 1.82) is 0 Å². The summed E-state index contributed by atoms with van der Waals surface area (Å²) in [4.78, 5) is 21.3. The minimum atomic E-state index is -2.78. The summed E-state index contributed by atoms with van der Waals surface area (Å²) in [6.07, 6.45) is -6.19. The Morgan fingerprint density at radius 2 is 1.87 bits per heavy atom. The van der Waals surface area contributed by atoms with E-state index < -0.39 is 36.3 Å². The lowest BCUT2D eigenvalue weighted by Gasteiger charge is -2.30. The SMILES string of the molecule is CC(=O)[C@@](O)(C=O)[C@@H](O)[C@H](O)[C@H](O)CO. The Bertz CT molecular complexity index is 241. The number of aliphatic hydroxyl groups excluding tert-OH is 4. The molecule has 7 heteroatoms. The Hall–Kier alpha value is -0.860. The molecule has 0 aliphatic carbocycles. The Morgan fingerprint density at radius 1 is 1.40 bits per heavy atom. The third-order valence-electron chi connectivity index (χ3n) is 2.10. The second-order valence-corrected chi connectivity index (χ2v) is 3.18. The summed E-state index contributed by atoms with van der Waals surface area (Å²) in [5.41, 5.74) is -2.78. The van der Waals surface area contributed by atoms with E-state index in [2.05, 4.69) is 0 Å².